The van der Waals surface area contributed by atoms with Crippen molar-refractivity contribution in [3.05, 3.63) is 23.9 Å². The molecule has 0 aliphatic carbocycles. The fourth-order valence-electron chi connectivity index (χ4n) is 1.10. The lowest BCUT2D eigenvalue weighted by atomic mass is 10.1. The molecule has 1 aromatic rings. The Bertz CT molecular complexity index is 310. The molecule has 15 heavy (non-hydrogen) atoms. The Morgan fingerprint density at radius 3 is 2.47 bits per heavy atom. The average Bonchev–Trinajstić information content (AvgIpc) is 2.18. The molecule has 0 aliphatic heterocycles. The number of nitrogens with zero attached hydrogens (tertiary/aromatic N) is 1. The largest absolute Gasteiger partial charge is 0.474 e. The van der Waals surface area contributed by atoms with Crippen LogP contribution >= 0.6 is 0 Å². The minimum atomic E-state index is 0.0182. The molecular weight excluding hydrogens is 188 g/mol. The van der Waals surface area contributed by atoms with Gasteiger partial charge >= 0.3 is 0 Å². The van der Waals surface area contributed by atoms with Gasteiger partial charge in [-0.2, -0.15) is 0 Å². The van der Waals surface area contributed by atoms with Crippen molar-refractivity contribution in [1.82, 2.24) is 4.98 Å². The lowest BCUT2D eigenvalue weighted by Gasteiger charge is -2.17. The molecule has 1 unspecified atom stereocenters. The minimum absolute atomic E-state index is 0.0182. The standard InChI is InChI=1S/C12H20N2O/c1-8(2)10(4)15-12-7-11(9(3)13)5-6-14-12/h5-10H,13H2,1-4H3/t9-,10?/m1/s1. The van der Waals surface area contributed by atoms with Crippen molar-refractivity contribution in [3.8, 4) is 5.88 Å². The van der Waals surface area contributed by atoms with Crippen LogP contribution in [0.5, 0.6) is 5.88 Å². The summed E-state index contributed by atoms with van der Waals surface area (Å²) in [5, 5.41) is 0. The Kier molecular flexibility index (Phi) is 4.09. The Labute approximate surface area is 91.7 Å². The van der Waals surface area contributed by atoms with Gasteiger partial charge in [0.1, 0.15) is 0 Å². The van der Waals surface area contributed by atoms with E-state index in [-0.39, 0.29) is 12.1 Å². The Hall–Kier alpha value is -1.09. The van der Waals surface area contributed by atoms with Crippen molar-refractivity contribution in [2.75, 3.05) is 0 Å². The summed E-state index contributed by atoms with van der Waals surface area (Å²) in [6, 6.07) is 3.84. The molecule has 1 aromatic heterocycles. The van der Waals surface area contributed by atoms with E-state index in [1.54, 1.807) is 6.20 Å². The maximum absolute atomic E-state index is 5.79. The molecule has 0 saturated carbocycles. The lowest BCUT2D eigenvalue weighted by molar-refractivity contribution is 0.163. The number of pyridine rings is 1. The van der Waals surface area contributed by atoms with E-state index in [0.717, 1.165) is 5.56 Å². The Morgan fingerprint density at radius 2 is 1.93 bits per heavy atom. The van der Waals surface area contributed by atoms with Crippen LogP contribution in [0.2, 0.25) is 0 Å². The predicted octanol–water partition coefficient (Wildman–Crippen LogP) is 2.52. The first-order chi connectivity index (χ1) is 7.00. The number of rotatable bonds is 4. The number of nitrogens with two attached hydrogens (primary N) is 1. The molecule has 0 fully saturated rings. The van der Waals surface area contributed by atoms with Crippen molar-refractivity contribution >= 4 is 0 Å². The molecule has 3 heteroatoms. The van der Waals surface area contributed by atoms with Gasteiger partial charge in [0, 0.05) is 18.3 Å². The Morgan fingerprint density at radius 1 is 1.27 bits per heavy atom. The van der Waals surface area contributed by atoms with Gasteiger partial charge < -0.3 is 10.5 Å². The van der Waals surface area contributed by atoms with Crippen LogP contribution in [-0.2, 0) is 0 Å². The van der Waals surface area contributed by atoms with Crippen LogP contribution in [0.3, 0.4) is 0 Å². The summed E-state index contributed by atoms with van der Waals surface area (Å²) in [6.45, 7) is 8.25. The van der Waals surface area contributed by atoms with Crippen molar-refractivity contribution in [2.24, 2.45) is 11.7 Å². The van der Waals surface area contributed by atoms with Gasteiger partial charge in [0.2, 0.25) is 5.88 Å². The van der Waals surface area contributed by atoms with Gasteiger partial charge in [0.25, 0.3) is 0 Å². The SMILES string of the molecule is CC(C)C(C)Oc1cc([C@@H](C)N)ccn1. The normalized spacial score (nSPS) is 15.1. The first kappa shape index (κ1) is 12.0. The fraction of sp³-hybridized carbons (Fsp3) is 0.583. The monoisotopic (exact) mass is 208 g/mol. The van der Waals surface area contributed by atoms with Gasteiger partial charge in [-0.1, -0.05) is 13.8 Å². The Balaban J connectivity index is 2.73. The van der Waals surface area contributed by atoms with Crippen molar-refractivity contribution in [2.45, 2.75) is 39.8 Å². The lowest BCUT2D eigenvalue weighted by Crippen LogP contribution is -2.19. The summed E-state index contributed by atoms with van der Waals surface area (Å²) in [5.74, 6) is 1.14. The molecule has 1 rings (SSSR count). The third kappa shape index (κ3) is 3.51. The summed E-state index contributed by atoms with van der Waals surface area (Å²) in [6.07, 6.45) is 1.90. The molecule has 0 saturated heterocycles. The molecule has 0 radical (unpaired) electrons. The molecule has 0 spiro atoms. The van der Waals surface area contributed by atoms with Gasteiger partial charge in [0.05, 0.1) is 6.10 Å². The maximum atomic E-state index is 5.79. The molecule has 0 bridgehead atoms. The van der Waals surface area contributed by atoms with Gasteiger partial charge in [-0.15, -0.1) is 0 Å². The molecule has 3 nitrogen and oxygen atoms in total. The molecule has 1 heterocycles. The van der Waals surface area contributed by atoms with E-state index in [1.807, 2.05) is 26.0 Å². The van der Waals surface area contributed by atoms with Crippen molar-refractivity contribution in [3.63, 3.8) is 0 Å². The van der Waals surface area contributed by atoms with E-state index >= 15 is 0 Å². The maximum Gasteiger partial charge on any atom is 0.213 e. The van der Waals surface area contributed by atoms with Crippen LogP contribution < -0.4 is 10.5 Å². The molecule has 2 N–H and O–H groups in total. The minimum Gasteiger partial charge on any atom is -0.474 e. The second-order valence-electron chi connectivity index (χ2n) is 4.28. The average molecular weight is 208 g/mol. The first-order valence-electron chi connectivity index (χ1n) is 5.39. The first-order valence-corrected chi connectivity index (χ1v) is 5.39. The van der Waals surface area contributed by atoms with E-state index < -0.39 is 0 Å². The van der Waals surface area contributed by atoms with Gasteiger partial charge in [-0.3, -0.25) is 0 Å². The highest BCUT2D eigenvalue weighted by molar-refractivity contribution is 5.22. The van der Waals surface area contributed by atoms with Crippen LogP contribution in [-0.4, -0.2) is 11.1 Å². The van der Waals surface area contributed by atoms with Gasteiger partial charge in [0.15, 0.2) is 0 Å². The van der Waals surface area contributed by atoms with E-state index in [4.69, 9.17) is 10.5 Å². The van der Waals surface area contributed by atoms with E-state index in [0.29, 0.717) is 11.8 Å². The predicted molar refractivity (Wildman–Crippen MR) is 61.8 cm³/mol. The number of aromatic nitrogens is 1. The summed E-state index contributed by atoms with van der Waals surface area (Å²) in [4.78, 5) is 4.17. The molecule has 0 amide bonds. The van der Waals surface area contributed by atoms with Crippen molar-refractivity contribution < 1.29 is 4.74 Å². The number of ether oxygens (including phenoxy) is 1. The van der Waals surface area contributed by atoms with Crippen LogP contribution in [0.4, 0.5) is 0 Å². The second kappa shape index (κ2) is 5.12. The zero-order valence-electron chi connectivity index (χ0n) is 9.90. The highest BCUT2D eigenvalue weighted by atomic mass is 16.5. The van der Waals surface area contributed by atoms with Crippen LogP contribution in [0, 0.1) is 5.92 Å². The molecule has 0 aliphatic rings. The third-order valence-electron chi connectivity index (χ3n) is 2.53. The summed E-state index contributed by atoms with van der Waals surface area (Å²) >= 11 is 0. The van der Waals surface area contributed by atoms with E-state index in [9.17, 15) is 0 Å². The second-order valence-corrected chi connectivity index (χ2v) is 4.28. The summed E-state index contributed by atoms with van der Waals surface area (Å²) in [5.41, 5.74) is 6.84. The zero-order valence-corrected chi connectivity index (χ0v) is 9.90. The topological polar surface area (TPSA) is 48.1 Å². The molecule has 0 aromatic carbocycles. The van der Waals surface area contributed by atoms with Crippen LogP contribution in [0.15, 0.2) is 18.3 Å². The third-order valence-corrected chi connectivity index (χ3v) is 2.53. The fourth-order valence-corrected chi connectivity index (χ4v) is 1.10. The highest BCUT2D eigenvalue weighted by Gasteiger charge is 2.10. The highest BCUT2D eigenvalue weighted by Crippen LogP contribution is 2.17. The summed E-state index contributed by atoms with van der Waals surface area (Å²) < 4.78 is 5.70. The smallest absolute Gasteiger partial charge is 0.213 e. The van der Waals surface area contributed by atoms with Crippen molar-refractivity contribution in [1.29, 1.82) is 0 Å². The molecular formula is C12H20N2O. The van der Waals surface area contributed by atoms with Crippen LogP contribution in [0.25, 0.3) is 0 Å². The molecule has 2 atom stereocenters. The molecule has 84 valence electrons. The summed E-state index contributed by atoms with van der Waals surface area (Å²) in [7, 11) is 0. The quantitative estimate of drug-likeness (QED) is 0.827. The van der Waals surface area contributed by atoms with Gasteiger partial charge in [-0.25, -0.2) is 4.98 Å². The number of hydrogen-bond acceptors (Lipinski definition) is 3. The van der Waals surface area contributed by atoms with Crippen LogP contribution in [0.1, 0.15) is 39.3 Å². The zero-order chi connectivity index (χ0) is 11.4. The van der Waals surface area contributed by atoms with E-state index in [1.165, 1.54) is 0 Å². The number of hydrogen-bond donors (Lipinski definition) is 1. The van der Waals surface area contributed by atoms with E-state index in [2.05, 4.69) is 18.8 Å². The van der Waals surface area contributed by atoms with Gasteiger partial charge in [-0.05, 0) is 31.4 Å².